The number of nitrogens with zero attached hydrogens (tertiary/aromatic N) is 1. The molecule has 0 spiro atoms. The normalized spacial score (nSPS) is 21.6. The minimum absolute atomic E-state index is 0.255. The van der Waals surface area contributed by atoms with Crippen LogP contribution >= 0.6 is 0 Å². The Morgan fingerprint density at radius 1 is 1.05 bits per heavy atom. The number of alkyl halides is 5. The first-order chi connectivity index (χ1) is 19.8. The molecule has 42 heavy (non-hydrogen) atoms. The van der Waals surface area contributed by atoms with Crippen LogP contribution in [-0.4, -0.2) is 41.7 Å². The van der Waals surface area contributed by atoms with Crippen LogP contribution in [0.2, 0.25) is 0 Å². The summed E-state index contributed by atoms with van der Waals surface area (Å²) in [5, 5.41) is 5.29. The molecule has 1 aliphatic heterocycles. The molecule has 1 heterocycles. The van der Waals surface area contributed by atoms with Gasteiger partial charge in [-0.15, -0.1) is 0 Å². The van der Waals surface area contributed by atoms with Gasteiger partial charge in [-0.3, -0.25) is 14.4 Å². The van der Waals surface area contributed by atoms with Crippen molar-refractivity contribution in [1.82, 2.24) is 5.32 Å². The largest absolute Gasteiger partial charge is 0.389 e. The van der Waals surface area contributed by atoms with Crippen LogP contribution in [0.15, 0.2) is 53.5 Å². The van der Waals surface area contributed by atoms with Crippen molar-refractivity contribution in [1.29, 1.82) is 0 Å². The number of benzene rings is 2. The monoisotopic (exact) mass is 590 g/mol. The highest BCUT2D eigenvalue weighted by Crippen LogP contribution is 2.47. The van der Waals surface area contributed by atoms with E-state index in [2.05, 4.69) is 15.6 Å². The van der Waals surface area contributed by atoms with Crippen LogP contribution in [-0.2, 0) is 14.4 Å². The van der Waals surface area contributed by atoms with Crippen LogP contribution in [0.3, 0.4) is 0 Å². The molecule has 3 amide bonds. The van der Waals surface area contributed by atoms with Crippen molar-refractivity contribution in [2.24, 2.45) is 28.5 Å². The number of anilines is 1. The van der Waals surface area contributed by atoms with E-state index in [4.69, 9.17) is 5.73 Å². The smallest absolute Gasteiger partial charge is 0.369 e. The molecule has 2 aromatic carbocycles. The maximum absolute atomic E-state index is 13.6. The van der Waals surface area contributed by atoms with Gasteiger partial charge in [-0.2, -0.15) is 13.2 Å². The lowest BCUT2D eigenvalue weighted by Gasteiger charge is -2.38. The number of hydrogen-bond donors (Lipinski definition) is 3. The SMILES string of the molecule is NC(=O)C(CC1CC(F)(F)C1)C(CCC(F)(F)F)C(=O)NC1N=C(c2ccccc2)c2cccc(C3CC3)c2NC1=O. The van der Waals surface area contributed by atoms with Gasteiger partial charge in [-0.05, 0) is 43.1 Å². The molecule has 4 N–H and O–H groups in total. The Morgan fingerprint density at radius 2 is 1.74 bits per heavy atom. The minimum atomic E-state index is -4.65. The summed E-state index contributed by atoms with van der Waals surface area (Å²) in [5.74, 6) is -9.17. The maximum atomic E-state index is 13.6. The van der Waals surface area contributed by atoms with Crippen molar-refractivity contribution in [3.63, 3.8) is 0 Å². The number of hydrogen-bond acceptors (Lipinski definition) is 4. The number of nitrogens with one attached hydrogen (secondary N) is 2. The average Bonchev–Trinajstić information content (AvgIpc) is 3.75. The van der Waals surface area contributed by atoms with Crippen molar-refractivity contribution >= 4 is 29.1 Å². The van der Waals surface area contributed by atoms with E-state index in [-0.39, 0.29) is 12.3 Å². The predicted octanol–water partition coefficient (Wildman–Crippen LogP) is 5.29. The molecule has 3 aliphatic rings. The zero-order chi connectivity index (χ0) is 30.2. The van der Waals surface area contributed by atoms with Crippen molar-refractivity contribution < 1.29 is 36.3 Å². The number of carbonyl (C=O) groups excluding carboxylic acids is 3. The standard InChI is InChI=1S/C30H31F5N4O3/c31-29(32)14-16(15-29)13-22(25(36)40)20(11-12-30(33,34)35)27(41)39-26-28(42)38-24-19(17-9-10-17)7-4-8-21(24)23(37-26)18-5-2-1-3-6-18/h1-8,16-17,20,22,26H,9-15H2,(H2,36,40)(H,38,42)(H,39,41). The van der Waals surface area contributed by atoms with Gasteiger partial charge in [0.2, 0.25) is 23.9 Å². The molecule has 2 aliphatic carbocycles. The molecule has 0 saturated heterocycles. The van der Waals surface area contributed by atoms with Gasteiger partial charge in [0.05, 0.1) is 11.4 Å². The number of aliphatic imine (C=N–C) groups is 1. The summed E-state index contributed by atoms with van der Waals surface area (Å²) in [5.41, 5.74) is 8.66. The van der Waals surface area contributed by atoms with Gasteiger partial charge < -0.3 is 16.4 Å². The summed E-state index contributed by atoms with van der Waals surface area (Å²) >= 11 is 0. The Kier molecular flexibility index (Phi) is 8.08. The molecule has 3 unspecified atom stereocenters. The van der Waals surface area contributed by atoms with Gasteiger partial charge in [0.1, 0.15) is 0 Å². The van der Waals surface area contributed by atoms with Gasteiger partial charge in [0.25, 0.3) is 5.91 Å². The molecule has 0 bridgehead atoms. The Labute approximate surface area is 239 Å². The molecule has 2 saturated carbocycles. The van der Waals surface area contributed by atoms with E-state index < -0.39 is 79.4 Å². The number of amides is 3. The number of carbonyl (C=O) groups is 3. The first-order valence-corrected chi connectivity index (χ1v) is 13.9. The zero-order valence-corrected chi connectivity index (χ0v) is 22.6. The van der Waals surface area contributed by atoms with E-state index in [9.17, 15) is 36.3 Å². The van der Waals surface area contributed by atoms with Crippen LogP contribution in [0.5, 0.6) is 0 Å². The van der Waals surface area contributed by atoms with Gasteiger partial charge in [-0.25, -0.2) is 13.8 Å². The van der Waals surface area contributed by atoms with Crippen LogP contribution in [0.1, 0.15) is 67.6 Å². The van der Waals surface area contributed by atoms with Crippen LogP contribution in [0, 0.1) is 17.8 Å². The molecule has 2 fully saturated rings. The minimum Gasteiger partial charge on any atom is -0.369 e. The van der Waals surface area contributed by atoms with Crippen molar-refractivity contribution in [3.8, 4) is 0 Å². The lowest BCUT2D eigenvalue weighted by molar-refractivity contribution is -0.149. The first kappa shape index (κ1) is 29.7. The van der Waals surface area contributed by atoms with Gasteiger partial charge in [0.15, 0.2) is 0 Å². The summed E-state index contributed by atoms with van der Waals surface area (Å²) in [6, 6.07) is 14.5. The molecule has 12 heteroatoms. The van der Waals surface area contributed by atoms with Crippen LogP contribution in [0.4, 0.5) is 27.6 Å². The summed E-state index contributed by atoms with van der Waals surface area (Å²) in [6.45, 7) is 0. The Hall–Kier alpha value is -3.83. The lowest BCUT2D eigenvalue weighted by atomic mass is 9.72. The van der Waals surface area contributed by atoms with Gasteiger partial charge in [-0.1, -0.05) is 48.5 Å². The maximum Gasteiger partial charge on any atom is 0.389 e. The average molecular weight is 591 g/mol. The highest BCUT2D eigenvalue weighted by Gasteiger charge is 2.48. The Morgan fingerprint density at radius 3 is 2.33 bits per heavy atom. The second kappa shape index (κ2) is 11.4. The fraction of sp³-hybridized carbons (Fsp3) is 0.467. The molecular weight excluding hydrogens is 559 g/mol. The molecule has 224 valence electrons. The molecule has 2 aromatic rings. The van der Waals surface area contributed by atoms with E-state index in [0.29, 0.717) is 22.5 Å². The molecule has 0 radical (unpaired) electrons. The summed E-state index contributed by atoms with van der Waals surface area (Å²) < 4.78 is 66.6. The first-order valence-electron chi connectivity index (χ1n) is 13.9. The molecule has 5 rings (SSSR count). The Balaban J connectivity index is 1.46. The van der Waals surface area contributed by atoms with Crippen molar-refractivity contribution in [2.75, 3.05) is 5.32 Å². The number of para-hydroxylation sites is 1. The van der Waals surface area contributed by atoms with E-state index in [1.165, 1.54) is 0 Å². The molecular formula is C30H31F5N4O3. The number of primary amides is 1. The van der Waals surface area contributed by atoms with Crippen molar-refractivity contribution in [3.05, 3.63) is 65.2 Å². The van der Waals surface area contributed by atoms with Crippen molar-refractivity contribution in [2.45, 2.75) is 69.1 Å². The summed E-state index contributed by atoms with van der Waals surface area (Å²) in [4.78, 5) is 44.0. The molecule has 0 aromatic heterocycles. The highest BCUT2D eigenvalue weighted by molar-refractivity contribution is 6.20. The topological polar surface area (TPSA) is 114 Å². The second-order valence-electron chi connectivity index (χ2n) is 11.4. The lowest BCUT2D eigenvalue weighted by Crippen LogP contribution is -2.49. The highest BCUT2D eigenvalue weighted by atomic mass is 19.4. The third-order valence-electron chi connectivity index (χ3n) is 8.14. The number of fused-ring (bicyclic) bond motifs is 1. The quantitative estimate of drug-likeness (QED) is 0.327. The second-order valence-corrected chi connectivity index (χ2v) is 11.4. The fourth-order valence-corrected chi connectivity index (χ4v) is 5.88. The van der Waals surface area contributed by atoms with E-state index in [0.717, 1.165) is 18.4 Å². The third kappa shape index (κ3) is 6.79. The summed E-state index contributed by atoms with van der Waals surface area (Å²) in [7, 11) is 0. The molecule has 3 atom stereocenters. The summed E-state index contributed by atoms with van der Waals surface area (Å²) in [6.07, 6.45) is -7.83. The predicted molar refractivity (Wildman–Crippen MR) is 145 cm³/mol. The number of benzodiazepines with no additional fused rings is 1. The number of rotatable bonds is 10. The molecule has 7 nitrogen and oxygen atoms in total. The van der Waals surface area contributed by atoms with Gasteiger partial charge >= 0.3 is 6.18 Å². The number of halogens is 5. The van der Waals surface area contributed by atoms with Gasteiger partial charge in [0, 0.05) is 42.2 Å². The zero-order valence-electron chi connectivity index (χ0n) is 22.6. The fourth-order valence-electron chi connectivity index (χ4n) is 5.88. The third-order valence-corrected chi connectivity index (χ3v) is 8.14. The Bertz CT molecular complexity index is 1380. The van der Waals surface area contributed by atoms with Crippen LogP contribution in [0.25, 0.3) is 0 Å². The number of nitrogens with two attached hydrogens (primary N) is 1. The van der Waals surface area contributed by atoms with Crippen LogP contribution < -0.4 is 16.4 Å². The van der Waals surface area contributed by atoms with E-state index in [1.54, 1.807) is 36.4 Å². The van der Waals surface area contributed by atoms with E-state index >= 15 is 0 Å². The van der Waals surface area contributed by atoms with E-state index in [1.807, 2.05) is 12.1 Å².